The minimum atomic E-state index is -0.863. The zero-order valence-electron chi connectivity index (χ0n) is 12.6. The fourth-order valence-electron chi connectivity index (χ4n) is 2.64. The van der Waals surface area contributed by atoms with Crippen LogP contribution >= 0.6 is 11.3 Å². The molecule has 1 aromatic rings. The van der Waals surface area contributed by atoms with E-state index in [1.165, 1.54) is 11.3 Å². The number of hydrogen-bond acceptors (Lipinski definition) is 5. The van der Waals surface area contributed by atoms with Gasteiger partial charge in [-0.25, -0.2) is 9.78 Å². The lowest BCUT2D eigenvalue weighted by molar-refractivity contribution is 0.0700. The molecule has 2 rings (SSSR count). The lowest BCUT2D eigenvalue weighted by atomic mass is 10.1. The molecule has 1 unspecified atom stereocenters. The van der Waals surface area contributed by atoms with Gasteiger partial charge in [-0.1, -0.05) is 32.1 Å². The molecule has 6 heteroatoms. The Kier molecular flexibility index (Phi) is 4.65. The summed E-state index contributed by atoms with van der Waals surface area (Å²) in [5, 5.41) is 10.2. The molecule has 5 nitrogen and oxygen atoms in total. The molecule has 0 radical (unpaired) electrons. The third-order valence-corrected chi connectivity index (χ3v) is 4.94. The number of likely N-dealkylation sites (N-methyl/N-ethyl adjacent to an activating group) is 1. The molecule has 1 fully saturated rings. The molecule has 0 bridgehead atoms. The number of rotatable bonds is 4. The van der Waals surface area contributed by atoms with E-state index in [-0.39, 0.29) is 5.92 Å². The maximum Gasteiger partial charge on any atom is 0.347 e. The number of thiazole rings is 1. The minimum Gasteiger partial charge on any atom is -0.477 e. The van der Waals surface area contributed by atoms with Crippen molar-refractivity contribution in [1.29, 1.82) is 0 Å². The normalized spacial score (nSPS) is 20.6. The first-order chi connectivity index (χ1) is 9.43. The van der Waals surface area contributed by atoms with Crippen molar-refractivity contribution in [3.05, 3.63) is 10.6 Å². The Labute approximate surface area is 124 Å². The number of carbonyl (C=O) groups is 1. The molecular weight excluding hydrogens is 274 g/mol. The lowest BCUT2D eigenvalue weighted by Gasteiger charge is -2.39. The molecule has 0 spiro atoms. The number of aromatic nitrogens is 1. The first kappa shape index (κ1) is 15.3. The summed E-state index contributed by atoms with van der Waals surface area (Å²) in [4.78, 5) is 21.0. The Hall–Kier alpha value is -1.14. The number of anilines is 1. The molecular formula is C14H23N3O2S. The van der Waals surface area contributed by atoms with Gasteiger partial charge in [0.1, 0.15) is 4.88 Å². The van der Waals surface area contributed by atoms with Crippen molar-refractivity contribution in [3.8, 4) is 0 Å². The summed E-state index contributed by atoms with van der Waals surface area (Å²) >= 11 is 1.31. The predicted octanol–water partition coefficient (Wildman–Crippen LogP) is 2.50. The summed E-state index contributed by atoms with van der Waals surface area (Å²) in [5.74, 6) is -0.724. The van der Waals surface area contributed by atoms with Gasteiger partial charge in [0, 0.05) is 25.7 Å². The SMILES string of the molecule is CCN1CCN(c2nc(C(C)C)c(C(=O)O)s2)CC1C. The fourth-order valence-corrected chi connectivity index (χ4v) is 3.73. The summed E-state index contributed by atoms with van der Waals surface area (Å²) in [5.41, 5.74) is 0.711. The van der Waals surface area contributed by atoms with Gasteiger partial charge in [0.25, 0.3) is 0 Å². The average molecular weight is 297 g/mol. The van der Waals surface area contributed by atoms with Gasteiger partial charge < -0.3 is 10.0 Å². The summed E-state index contributed by atoms with van der Waals surface area (Å²) in [6.07, 6.45) is 0. The number of nitrogens with zero attached hydrogens (tertiary/aromatic N) is 3. The molecule has 20 heavy (non-hydrogen) atoms. The van der Waals surface area contributed by atoms with Crippen molar-refractivity contribution >= 4 is 22.4 Å². The second-order valence-electron chi connectivity index (χ2n) is 5.59. The van der Waals surface area contributed by atoms with Crippen molar-refractivity contribution in [2.75, 3.05) is 31.1 Å². The van der Waals surface area contributed by atoms with Gasteiger partial charge in [0.05, 0.1) is 5.69 Å². The largest absolute Gasteiger partial charge is 0.477 e. The average Bonchev–Trinajstić information content (AvgIpc) is 2.84. The van der Waals surface area contributed by atoms with Crippen LogP contribution in [0, 0.1) is 0 Å². The third-order valence-electron chi connectivity index (χ3n) is 3.82. The molecule has 2 heterocycles. The number of aromatic carboxylic acids is 1. The van der Waals surface area contributed by atoms with E-state index in [9.17, 15) is 9.90 Å². The fraction of sp³-hybridized carbons (Fsp3) is 0.714. The number of piperazine rings is 1. The second kappa shape index (κ2) is 6.10. The van der Waals surface area contributed by atoms with E-state index in [2.05, 4.69) is 28.6 Å². The first-order valence-corrected chi connectivity index (χ1v) is 7.98. The molecule has 1 aliphatic heterocycles. The van der Waals surface area contributed by atoms with Crippen LogP contribution in [0.2, 0.25) is 0 Å². The highest BCUT2D eigenvalue weighted by Crippen LogP contribution is 2.31. The monoisotopic (exact) mass is 297 g/mol. The van der Waals surface area contributed by atoms with Crippen molar-refractivity contribution in [1.82, 2.24) is 9.88 Å². The van der Waals surface area contributed by atoms with Gasteiger partial charge >= 0.3 is 5.97 Å². The molecule has 0 aliphatic carbocycles. The van der Waals surface area contributed by atoms with Crippen LogP contribution in [0.1, 0.15) is 49.0 Å². The van der Waals surface area contributed by atoms with E-state index in [4.69, 9.17) is 0 Å². The van der Waals surface area contributed by atoms with E-state index < -0.39 is 5.97 Å². The van der Waals surface area contributed by atoms with E-state index >= 15 is 0 Å². The minimum absolute atomic E-state index is 0.139. The van der Waals surface area contributed by atoms with Crippen LogP contribution in [0.3, 0.4) is 0 Å². The number of hydrogen-bond donors (Lipinski definition) is 1. The number of carboxylic acid groups (broad SMARTS) is 1. The molecule has 1 N–H and O–H groups in total. The van der Waals surface area contributed by atoms with E-state index in [0.717, 1.165) is 31.3 Å². The molecule has 1 aliphatic rings. The topological polar surface area (TPSA) is 56.7 Å². The molecule has 1 aromatic heterocycles. The van der Waals surface area contributed by atoms with Gasteiger partial charge in [-0.2, -0.15) is 0 Å². The third kappa shape index (κ3) is 2.96. The molecule has 1 saturated heterocycles. The van der Waals surface area contributed by atoms with Crippen LogP contribution in [0.15, 0.2) is 0 Å². The highest BCUT2D eigenvalue weighted by molar-refractivity contribution is 7.17. The highest BCUT2D eigenvalue weighted by atomic mass is 32.1. The summed E-state index contributed by atoms with van der Waals surface area (Å²) in [7, 11) is 0. The van der Waals surface area contributed by atoms with Crippen molar-refractivity contribution in [2.45, 2.75) is 39.7 Å². The Balaban J connectivity index is 2.22. The van der Waals surface area contributed by atoms with Crippen molar-refractivity contribution in [2.24, 2.45) is 0 Å². The van der Waals surface area contributed by atoms with Gasteiger partial charge in [-0.05, 0) is 19.4 Å². The van der Waals surface area contributed by atoms with Crippen molar-refractivity contribution < 1.29 is 9.90 Å². The van der Waals surface area contributed by atoms with Gasteiger partial charge in [-0.15, -0.1) is 0 Å². The zero-order chi connectivity index (χ0) is 14.9. The van der Waals surface area contributed by atoms with Crippen LogP contribution in [-0.2, 0) is 0 Å². The van der Waals surface area contributed by atoms with E-state index in [1.807, 2.05) is 13.8 Å². The molecule has 112 valence electrons. The van der Waals surface area contributed by atoms with Crippen LogP contribution in [-0.4, -0.2) is 53.2 Å². The van der Waals surface area contributed by atoms with E-state index in [1.54, 1.807) is 0 Å². The Morgan fingerprint density at radius 1 is 1.50 bits per heavy atom. The predicted molar refractivity (Wildman–Crippen MR) is 82.1 cm³/mol. The lowest BCUT2D eigenvalue weighted by Crippen LogP contribution is -2.51. The van der Waals surface area contributed by atoms with Crippen LogP contribution in [0.5, 0.6) is 0 Å². The van der Waals surface area contributed by atoms with E-state index in [0.29, 0.717) is 16.6 Å². The Morgan fingerprint density at radius 2 is 2.20 bits per heavy atom. The summed E-state index contributed by atoms with van der Waals surface area (Å²) < 4.78 is 0. The smallest absolute Gasteiger partial charge is 0.347 e. The highest BCUT2D eigenvalue weighted by Gasteiger charge is 2.27. The first-order valence-electron chi connectivity index (χ1n) is 7.17. The Morgan fingerprint density at radius 3 is 2.65 bits per heavy atom. The maximum absolute atomic E-state index is 11.3. The van der Waals surface area contributed by atoms with Gasteiger partial charge in [0.15, 0.2) is 5.13 Å². The van der Waals surface area contributed by atoms with Crippen LogP contribution < -0.4 is 4.90 Å². The van der Waals surface area contributed by atoms with Gasteiger partial charge in [-0.3, -0.25) is 4.90 Å². The summed E-state index contributed by atoms with van der Waals surface area (Å²) in [6.45, 7) is 12.3. The molecule has 0 saturated carbocycles. The van der Waals surface area contributed by atoms with Crippen LogP contribution in [0.25, 0.3) is 0 Å². The zero-order valence-corrected chi connectivity index (χ0v) is 13.4. The molecule has 0 amide bonds. The van der Waals surface area contributed by atoms with Crippen molar-refractivity contribution in [3.63, 3.8) is 0 Å². The quantitative estimate of drug-likeness (QED) is 0.925. The van der Waals surface area contributed by atoms with Gasteiger partial charge in [0.2, 0.25) is 0 Å². The molecule has 0 aromatic carbocycles. The number of carboxylic acids is 1. The standard InChI is InChI=1S/C14H23N3O2S/c1-5-16-6-7-17(8-10(16)4)14-15-11(9(2)3)12(20-14)13(18)19/h9-10H,5-8H2,1-4H3,(H,18,19). The maximum atomic E-state index is 11.3. The van der Waals surface area contributed by atoms with Crippen LogP contribution in [0.4, 0.5) is 5.13 Å². The second-order valence-corrected chi connectivity index (χ2v) is 6.57. The summed E-state index contributed by atoms with van der Waals surface area (Å²) in [6, 6.07) is 0.480. The molecule has 1 atom stereocenters. The Bertz CT molecular complexity index is 487.